The van der Waals surface area contributed by atoms with Gasteiger partial charge in [-0.05, 0) is 30.7 Å². The summed E-state index contributed by atoms with van der Waals surface area (Å²) in [6.45, 7) is 0.00138. The first-order valence-corrected chi connectivity index (χ1v) is 8.90. The molecule has 0 radical (unpaired) electrons. The average molecular weight is 369 g/mol. The molecule has 2 N–H and O–H groups in total. The van der Waals surface area contributed by atoms with E-state index in [1.807, 2.05) is 0 Å². The molecule has 0 unspecified atom stereocenters. The van der Waals surface area contributed by atoms with Crippen LogP contribution in [0.15, 0.2) is 29.2 Å². The highest BCUT2D eigenvalue weighted by Gasteiger charge is 2.20. The zero-order valence-electron chi connectivity index (χ0n) is 13.8. The zero-order chi connectivity index (χ0) is 18.9. The number of halogens is 1. The predicted molar refractivity (Wildman–Crippen MR) is 90.3 cm³/mol. The largest absolute Gasteiger partial charge is 0.347 e. The van der Waals surface area contributed by atoms with Gasteiger partial charge in [-0.1, -0.05) is 5.92 Å². The lowest BCUT2D eigenvalue weighted by Crippen LogP contribution is -2.37. The fourth-order valence-corrected chi connectivity index (χ4v) is 3.06. The molecule has 0 saturated heterocycles. The molecule has 1 aromatic rings. The SMILES string of the molecule is C#CCNC(=O)CNC(=O)CCCN(C)S(=O)(=O)c1ccc(F)cc1. The van der Waals surface area contributed by atoms with E-state index < -0.39 is 21.7 Å². The molecule has 0 aromatic heterocycles. The second kappa shape index (κ2) is 9.76. The first kappa shape index (κ1) is 20.6. The van der Waals surface area contributed by atoms with Gasteiger partial charge < -0.3 is 10.6 Å². The van der Waals surface area contributed by atoms with Crippen LogP contribution in [0.4, 0.5) is 4.39 Å². The minimum atomic E-state index is -3.74. The smallest absolute Gasteiger partial charge is 0.242 e. The third kappa shape index (κ3) is 6.91. The highest BCUT2D eigenvalue weighted by Crippen LogP contribution is 2.15. The number of sulfonamides is 1. The Bertz CT molecular complexity index is 742. The summed E-state index contributed by atoms with van der Waals surface area (Å²) in [7, 11) is -2.36. The molecule has 0 bridgehead atoms. The van der Waals surface area contributed by atoms with Crippen molar-refractivity contribution < 1.29 is 22.4 Å². The van der Waals surface area contributed by atoms with E-state index in [1.54, 1.807) is 0 Å². The van der Waals surface area contributed by atoms with Crippen LogP contribution in [0.25, 0.3) is 0 Å². The van der Waals surface area contributed by atoms with Gasteiger partial charge in [0.2, 0.25) is 21.8 Å². The van der Waals surface area contributed by atoms with Crippen LogP contribution in [0.3, 0.4) is 0 Å². The molecule has 0 aliphatic heterocycles. The Labute approximate surface area is 146 Å². The lowest BCUT2D eigenvalue weighted by Gasteiger charge is -2.17. The number of hydrogen-bond acceptors (Lipinski definition) is 4. The zero-order valence-corrected chi connectivity index (χ0v) is 14.6. The molecular formula is C16H20FN3O4S. The first-order chi connectivity index (χ1) is 11.8. The van der Waals surface area contributed by atoms with Crippen molar-refractivity contribution in [2.75, 3.05) is 26.7 Å². The van der Waals surface area contributed by atoms with Crippen LogP contribution in [0.5, 0.6) is 0 Å². The second-order valence-corrected chi connectivity index (χ2v) is 7.19. The normalized spacial score (nSPS) is 11.0. The van der Waals surface area contributed by atoms with Crippen molar-refractivity contribution in [2.45, 2.75) is 17.7 Å². The van der Waals surface area contributed by atoms with Gasteiger partial charge in [0.1, 0.15) is 5.82 Å². The van der Waals surface area contributed by atoms with Gasteiger partial charge in [-0.2, -0.15) is 0 Å². The highest BCUT2D eigenvalue weighted by molar-refractivity contribution is 7.89. The van der Waals surface area contributed by atoms with Crippen LogP contribution in [0.1, 0.15) is 12.8 Å². The number of terminal acetylenes is 1. The van der Waals surface area contributed by atoms with Crippen molar-refractivity contribution in [3.63, 3.8) is 0 Å². The molecule has 0 aliphatic rings. The molecule has 0 atom stereocenters. The molecule has 0 fully saturated rings. The summed E-state index contributed by atoms with van der Waals surface area (Å²) in [5.74, 6) is 0.940. The van der Waals surface area contributed by atoms with Crippen molar-refractivity contribution >= 4 is 21.8 Å². The Morgan fingerprint density at radius 3 is 2.44 bits per heavy atom. The molecule has 1 rings (SSSR count). The molecule has 9 heteroatoms. The Balaban J connectivity index is 2.40. The summed E-state index contributed by atoms with van der Waals surface area (Å²) < 4.78 is 38.5. The van der Waals surface area contributed by atoms with Crippen LogP contribution in [-0.4, -0.2) is 51.2 Å². The molecule has 0 spiro atoms. The number of rotatable bonds is 9. The van der Waals surface area contributed by atoms with Gasteiger partial charge in [-0.25, -0.2) is 17.1 Å². The molecule has 2 amide bonds. The van der Waals surface area contributed by atoms with Gasteiger partial charge in [0.05, 0.1) is 18.0 Å². The van der Waals surface area contributed by atoms with Crippen LogP contribution >= 0.6 is 0 Å². The van der Waals surface area contributed by atoms with Crippen LogP contribution in [-0.2, 0) is 19.6 Å². The van der Waals surface area contributed by atoms with Gasteiger partial charge in [0.15, 0.2) is 0 Å². The van der Waals surface area contributed by atoms with Gasteiger partial charge in [0, 0.05) is 20.0 Å². The van der Waals surface area contributed by atoms with E-state index in [9.17, 15) is 22.4 Å². The van der Waals surface area contributed by atoms with Crippen LogP contribution in [0.2, 0.25) is 0 Å². The maximum absolute atomic E-state index is 12.9. The fraction of sp³-hybridized carbons (Fsp3) is 0.375. The van der Waals surface area contributed by atoms with E-state index in [1.165, 1.54) is 19.2 Å². The van der Waals surface area contributed by atoms with Crippen molar-refractivity contribution in [3.8, 4) is 12.3 Å². The molecule has 0 heterocycles. The Morgan fingerprint density at radius 2 is 1.84 bits per heavy atom. The summed E-state index contributed by atoms with van der Waals surface area (Å²) in [5.41, 5.74) is 0. The fourth-order valence-electron chi connectivity index (χ4n) is 1.85. The van der Waals surface area contributed by atoms with Gasteiger partial charge in [-0.3, -0.25) is 9.59 Å². The van der Waals surface area contributed by atoms with E-state index in [4.69, 9.17) is 6.42 Å². The summed E-state index contributed by atoms with van der Waals surface area (Å²) >= 11 is 0. The molecule has 0 saturated carbocycles. The van der Waals surface area contributed by atoms with Crippen molar-refractivity contribution in [3.05, 3.63) is 30.1 Å². The van der Waals surface area contributed by atoms with Gasteiger partial charge in [0.25, 0.3) is 0 Å². The third-order valence-electron chi connectivity index (χ3n) is 3.23. The third-order valence-corrected chi connectivity index (χ3v) is 5.10. The number of hydrogen-bond donors (Lipinski definition) is 2. The summed E-state index contributed by atoms with van der Waals surface area (Å²) in [5, 5.41) is 4.81. The Morgan fingerprint density at radius 1 is 1.20 bits per heavy atom. The minimum absolute atomic E-state index is 0.0222. The van der Waals surface area contributed by atoms with Crippen LogP contribution < -0.4 is 10.6 Å². The molecular weight excluding hydrogens is 349 g/mol. The standard InChI is InChI=1S/C16H20FN3O4S/c1-3-10-18-16(22)12-19-15(21)5-4-11-20(2)25(23,24)14-8-6-13(17)7-9-14/h1,6-9H,4-5,10-12H2,2H3,(H,18,22)(H,19,21). The first-order valence-electron chi connectivity index (χ1n) is 7.46. The number of carbonyl (C=O) groups excluding carboxylic acids is 2. The Hall–Kier alpha value is -2.44. The van der Waals surface area contributed by atoms with E-state index in [0.29, 0.717) is 0 Å². The molecule has 25 heavy (non-hydrogen) atoms. The monoisotopic (exact) mass is 369 g/mol. The lowest BCUT2D eigenvalue weighted by molar-refractivity contribution is -0.126. The number of benzene rings is 1. The molecule has 0 aliphatic carbocycles. The number of amides is 2. The van der Waals surface area contributed by atoms with Gasteiger partial charge >= 0.3 is 0 Å². The van der Waals surface area contributed by atoms with Crippen molar-refractivity contribution in [1.29, 1.82) is 0 Å². The average Bonchev–Trinajstić information content (AvgIpc) is 2.58. The topological polar surface area (TPSA) is 95.6 Å². The number of carbonyl (C=O) groups is 2. The maximum atomic E-state index is 12.9. The highest BCUT2D eigenvalue weighted by atomic mass is 32.2. The molecule has 1 aromatic carbocycles. The second-order valence-electron chi connectivity index (χ2n) is 5.14. The molecule has 136 valence electrons. The number of nitrogens with one attached hydrogen (secondary N) is 2. The van der Waals surface area contributed by atoms with E-state index in [-0.39, 0.29) is 43.3 Å². The number of nitrogens with zero attached hydrogens (tertiary/aromatic N) is 1. The molecule has 7 nitrogen and oxygen atoms in total. The minimum Gasteiger partial charge on any atom is -0.347 e. The van der Waals surface area contributed by atoms with Gasteiger partial charge in [-0.15, -0.1) is 6.42 Å². The van der Waals surface area contributed by atoms with Crippen LogP contribution in [0, 0.1) is 18.2 Å². The lowest BCUT2D eigenvalue weighted by atomic mass is 10.3. The van der Waals surface area contributed by atoms with Crippen molar-refractivity contribution in [1.82, 2.24) is 14.9 Å². The Kier molecular flexibility index (Phi) is 8.04. The van der Waals surface area contributed by atoms with E-state index in [0.717, 1.165) is 16.4 Å². The van der Waals surface area contributed by atoms with Crippen molar-refractivity contribution in [2.24, 2.45) is 0 Å². The quantitative estimate of drug-likeness (QED) is 0.603. The van der Waals surface area contributed by atoms with E-state index >= 15 is 0 Å². The summed E-state index contributed by atoms with van der Waals surface area (Å²) in [6, 6.07) is 4.50. The predicted octanol–water partition coefficient (Wildman–Crippen LogP) is 0.0920. The summed E-state index contributed by atoms with van der Waals surface area (Å²) in [6.07, 6.45) is 5.32. The summed E-state index contributed by atoms with van der Waals surface area (Å²) in [4.78, 5) is 22.9. The maximum Gasteiger partial charge on any atom is 0.242 e. The van der Waals surface area contributed by atoms with E-state index in [2.05, 4.69) is 16.6 Å².